The van der Waals surface area contributed by atoms with Crippen molar-refractivity contribution in [1.82, 2.24) is 63.8 Å². The zero-order valence-electron chi connectivity index (χ0n) is 82.2. The first-order chi connectivity index (χ1) is 67.6. The van der Waals surface area contributed by atoms with Crippen molar-refractivity contribution in [3.05, 3.63) is 173 Å². The van der Waals surface area contributed by atoms with E-state index in [1.54, 1.807) is 111 Å². The zero-order valence-corrected chi connectivity index (χ0v) is 88.7. The number of rotatable bonds is 17. The molecule has 3 amide bonds. The molecule has 4 aliphatic carbocycles. The number of amides is 3. The number of aromatic nitrogens is 10. The van der Waals surface area contributed by atoms with Gasteiger partial charge in [0.25, 0.3) is 0 Å². The predicted octanol–water partition coefficient (Wildman–Crippen LogP) is 16.4. The smallest absolute Gasteiger partial charge is 0.243 e. The fourth-order valence-electron chi connectivity index (χ4n) is 21.2. The summed E-state index contributed by atoms with van der Waals surface area (Å²) in [6.07, 6.45) is 28.1. The van der Waals surface area contributed by atoms with Crippen LogP contribution in [0.25, 0.3) is 51.1 Å². The quantitative estimate of drug-likeness (QED) is 0.0658. The van der Waals surface area contributed by atoms with Crippen LogP contribution >= 0.6 is 56.7 Å². The molecule has 38 heteroatoms. The Bertz CT molecular complexity index is 7110. The number of fused-ring (bicyclic) bond motifs is 13. The van der Waals surface area contributed by atoms with Gasteiger partial charge in [0.2, 0.25) is 47.8 Å². The van der Waals surface area contributed by atoms with Crippen molar-refractivity contribution in [2.45, 2.75) is 224 Å². The number of nitrogens with one attached hydrogen (secondary N) is 1. The number of primary sulfonamides is 1. The van der Waals surface area contributed by atoms with Gasteiger partial charge in [0.05, 0.1) is 41.6 Å². The van der Waals surface area contributed by atoms with E-state index in [2.05, 4.69) is 149 Å². The second-order valence-electron chi connectivity index (χ2n) is 40.5. The molecule has 3 aromatic carbocycles. The summed E-state index contributed by atoms with van der Waals surface area (Å²) in [5.41, 5.74) is 21.0. The van der Waals surface area contributed by atoms with Gasteiger partial charge in [-0.2, -0.15) is 8.61 Å². The number of sulfonamides is 3. The molecule has 0 bridgehead atoms. The molecule has 30 nitrogen and oxygen atoms in total. The number of hydrogen-bond acceptors (Lipinski definition) is 29. The van der Waals surface area contributed by atoms with Crippen molar-refractivity contribution >= 4 is 185 Å². The normalized spacial score (nSPS) is 19.5. The molecule has 5 fully saturated rings. The third kappa shape index (κ3) is 21.9. The Labute approximate surface area is 846 Å². The lowest BCUT2D eigenvalue weighted by molar-refractivity contribution is -0.126. The molecular formula is C103H129N21O9S8. The number of piperidine rings is 3. The summed E-state index contributed by atoms with van der Waals surface area (Å²) in [5.74, 6) is 7.31. The summed E-state index contributed by atoms with van der Waals surface area (Å²) in [7, 11) is -10.7. The molecule has 0 spiro atoms. The van der Waals surface area contributed by atoms with E-state index in [0.29, 0.717) is 80.5 Å². The first-order valence-corrected chi connectivity index (χ1v) is 58.3. The number of benzene rings is 3. The molecule has 5 saturated heterocycles. The summed E-state index contributed by atoms with van der Waals surface area (Å²) in [4.78, 5) is 105. The van der Waals surface area contributed by atoms with E-state index in [4.69, 9.17) is 16.6 Å². The Morgan fingerprint density at radius 2 is 0.745 bits per heavy atom. The van der Waals surface area contributed by atoms with Crippen LogP contribution in [0.1, 0.15) is 201 Å². The van der Waals surface area contributed by atoms with E-state index >= 15 is 0 Å². The van der Waals surface area contributed by atoms with E-state index in [-0.39, 0.29) is 45.8 Å². The lowest BCUT2D eigenvalue weighted by Crippen LogP contribution is -2.49. The van der Waals surface area contributed by atoms with Gasteiger partial charge in [-0.05, 0) is 246 Å². The number of anilines is 5. The van der Waals surface area contributed by atoms with E-state index in [0.717, 1.165) is 204 Å². The van der Waals surface area contributed by atoms with Gasteiger partial charge in [0.1, 0.15) is 84.9 Å². The van der Waals surface area contributed by atoms with Crippen LogP contribution in [-0.4, -0.2) is 193 Å². The number of hydrogen-bond donors (Lipinski definition) is 4. The van der Waals surface area contributed by atoms with Crippen LogP contribution < -0.4 is 46.4 Å². The van der Waals surface area contributed by atoms with Crippen LogP contribution in [0.4, 0.5) is 29.1 Å². The number of primary amides is 2. The van der Waals surface area contributed by atoms with Gasteiger partial charge >= 0.3 is 0 Å². The molecule has 10 aromatic heterocycles. The van der Waals surface area contributed by atoms with Gasteiger partial charge in [-0.15, -0.1) is 56.7 Å². The number of aryl methyl sites for hydroxylation is 7. The monoisotopic (exact) mass is 2060 g/mol. The summed E-state index contributed by atoms with van der Waals surface area (Å²) in [6.45, 7) is 31.5. The van der Waals surface area contributed by atoms with E-state index < -0.39 is 30.1 Å². The Hall–Kier alpha value is -10.0. The fourth-order valence-corrected chi connectivity index (χ4v) is 30.8. The lowest BCUT2D eigenvalue weighted by atomic mass is 9.87. The molecule has 15 heterocycles. The van der Waals surface area contributed by atoms with Crippen LogP contribution in [0.5, 0.6) is 0 Å². The maximum atomic E-state index is 13.3. The van der Waals surface area contributed by atoms with Gasteiger partial charge in [-0.3, -0.25) is 14.4 Å². The van der Waals surface area contributed by atoms with Gasteiger partial charge in [0, 0.05) is 140 Å². The van der Waals surface area contributed by atoms with Crippen molar-refractivity contribution < 1.29 is 39.6 Å². The number of nitrogens with two attached hydrogens (primary N) is 3. The van der Waals surface area contributed by atoms with Crippen molar-refractivity contribution in [2.75, 3.05) is 116 Å². The van der Waals surface area contributed by atoms with Crippen molar-refractivity contribution in [2.24, 2.45) is 52.1 Å². The number of piperazine rings is 2. The average molecular weight is 2060 g/mol. The third-order valence-corrected chi connectivity index (χ3v) is 40.6. The number of nitrogens with zero attached hydrogens (tertiary/aromatic N) is 17. The van der Waals surface area contributed by atoms with Gasteiger partial charge < -0.3 is 41.3 Å². The molecule has 13 aromatic rings. The Kier molecular flexibility index (Phi) is 30.6. The minimum atomic E-state index is -3.71. The Morgan fingerprint density at radius 1 is 0.411 bits per heavy atom. The highest BCUT2D eigenvalue weighted by Crippen LogP contribution is 2.47. The second-order valence-corrected chi connectivity index (χ2v) is 51.5. The molecule has 4 atom stereocenters. The maximum absolute atomic E-state index is 13.3. The third-order valence-electron chi connectivity index (χ3n) is 30.1. The summed E-state index contributed by atoms with van der Waals surface area (Å²) < 4.78 is 78.9. The Morgan fingerprint density at radius 3 is 1.11 bits per heavy atom. The van der Waals surface area contributed by atoms with Crippen molar-refractivity contribution in [3.8, 4) is 0 Å². The molecule has 141 heavy (non-hydrogen) atoms. The summed E-state index contributed by atoms with van der Waals surface area (Å²) in [5, 5.41) is 14.1. The standard InChI is InChI=1S/2C25H32N4O2S2.C21H25N5O3S2.C17H22N4OS.C15H18N4OS/c1-17-5-10-20-21(15-17)32-24-22(20)23(26-16-27-24)28-11-13-29(14-12-28)33(30,31)19-8-6-18(7-9-19)25(2,3)4;1-4-18(3)19-6-8-20(9-7-19)33(30,31)29-13-11-28(12-14-29)24-23-21-10-5-17(2)15-22(21)32-25(23)27-16-26-24;1-13-14(2)30-21-18(13)19(24-12-25-21)26-9-7-16(8-10-26)20(27)23-11-15-3-5-17(6-4-15)31(22,28)29;1-10-2-3-12-13(8-10)23-17-14(12)16(19-9-20-17)21-6-4-11(5-7-21)15(18)22;16-13(20)9-4-6-19(7-5-9)14-12-10-2-1-3-11(10)21-15(12)18-8-17-14/h6-9,16-17H,5,10-15H2,1-4H3;6-9,16-18H,4-5,10-15H2,1-3H3;3-6,12,16H,7-11H2,1-2H3,(H,23,27)(H2,22,28,29);9-11H,2-8H2,1H3,(H2,18,22);8-9H,1-7H2,(H2,16,20). The first-order valence-electron chi connectivity index (χ1n) is 49.8. The molecule has 9 aliphatic rings. The van der Waals surface area contributed by atoms with Crippen LogP contribution in [-0.2, 0) is 108 Å². The molecule has 5 aliphatic heterocycles. The molecule has 7 N–H and O–H groups in total. The van der Waals surface area contributed by atoms with E-state index in [1.807, 2.05) is 46.9 Å². The van der Waals surface area contributed by atoms with Gasteiger partial charge in [-0.1, -0.05) is 91.8 Å². The van der Waals surface area contributed by atoms with Crippen LogP contribution in [0.15, 0.2) is 119 Å². The highest BCUT2D eigenvalue weighted by molar-refractivity contribution is 7.89. The van der Waals surface area contributed by atoms with Gasteiger partial charge in [0.15, 0.2) is 0 Å². The number of carbonyl (C=O) groups excluding carboxylic acids is 3. The second kappa shape index (κ2) is 42.7. The molecule has 4 unspecified atom stereocenters. The highest BCUT2D eigenvalue weighted by atomic mass is 32.2. The van der Waals surface area contributed by atoms with E-state index in [1.165, 1.54) is 130 Å². The maximum Gasteiger partial charge on any atom is 0.243 e. The fraction of sp³-hybridized carbons (Fsp3) is 0.505. The van der Waals surface area contributed by atoms with Crippen LogP contribution in [0.2, 0.25) is 0 Å². The van der Waals surface area contributed by atoms with Gasteiger partial charge in [-0.25, -0.2) is 80.2 Å². The summed E-state index contributed by atoms with van der Waals surface area (Å²) in [6, 6.07) is 21.0. The molecule has 22 rings (SSSR count). The summed E-state index contributed by atoms with van der Waals surface area (Å²) >= 11 is 8.95. The highest BCUT2D eigenvalue weighted by Gasteiger charge is 2.38. The minimum Gasteiger partial charge on any atom is -0.369 e. The predicted molar refractivity (Wildman–Crippen MR) is 567 cm³/mol. The van der Waals surface area contributed by atoms with Crippen LogP contribution in [0.3, 0.4) is 0 Å². The minimum absolute atomic E-state index is 0.00428. The first kappa shape index (κ1) is 101. The Balaban J connectivity index is 0.000000118. The average Bonchev–Trinajstić information content (AvgIpc) is 1.62. The number of carbonyl (C=O) groups is 3. The van der Waals surface area contributed by atoms with Crippen molar-refractivity contribution in [3.63, 3.8) is 0 Å². The topological polar surface area (TPSA) is 395 Å². The number of thiophene rings is 5. The molecular weight excluding hydrogens is 1930 g/mol. The SMILES string of the molecule is CC1CCc2c(sc3ncnc(N4CCC(C(N)=O)CC4)c23)C1.CC1CCc2c(sc3ncnc(N4CCN(S(=O)(=O)c5ccc(C(C)(C)C)cc5)CC4)c23)C1.CCC(C)c1ccc(S(=O)(=O)N2CCN(c3ncnc4sc5c(c34)CCC(C)C5)CC2)cc1.Cc1sc2ncnc(N3CCC(C(=O)NCc4ccc(S(N)(=O)=O)cc4)CC3)c2c1C.NC(=O)C1CCN(c2ncnc3sc4c(c23)CCC4)CC1. The van der Waals surface area contributed by atoms with E-state index in [9.17, 15) is 39.6 Å². The molecule has 0 saturated carbocycles. The van der Waals surface area contributed by atoms with Crippen molar-refractivity contribution in [1.29, 1.82) is 0 Å². The molecule has 748 valence electrons. The molecule has 0 radical (unpaired) electrons. The lowest BCUT2D eigenvalue weighted by Gasteiger charge is -2.35. The zero-order chi connectivity index (χ0) is 99.1. The largest absolute Gasteiger partial charge is 0.369 e. The van der Waals surface area contributed by atoms with Crippen LogP contribution in [0, 0.1) is 49.4 Å².